The molecule has 134 valence electrons. The van der Waals surface area contributed by atoms with E-state index in [0.29, 0.717) is 22.9 Å². The monoisotopic (exact) mass is 355 g/mol. The molecule has 0 atom stereocenters. The lowest BCUT2D eigenvalue weighted by Crippen LogP contribution is -2.23. The number of hydrogen-bond donors (Lipinski definition) is 1. The molecule has 0 bridgehead atoms. The first-order valence-electron chi connectivity index (χ1n) is 8.00. The van der Waals surface area contributed by atoms with E-state index < -0.39 is 17.8 Å². The molecule has 1 aromatic rings. The Balaban J connectivity index is 2.86. The van der Waals surface area contributed by atoms with E-state index in [-0.39, 0.29) is 19.1 Å². The van der Waals surface area contributed by atoms with Crippen molar-refractivity contribution in [3.8, 4) is 0 Å². The highest BCUT2D eigenvalue weighted by molar-refractivity contribution is 7.15. The van der Waals surface area contributed by atoms with Gasteiger partial charge in [0.1, 0.15) is 5.00 Å². The fourth-order valence-electron chi connectivity index (χ4n) is 1.97. The van der Waals surface area contributed by atoms with Gasteiger partial charge in [-0.15, -0.1) is 11.3 Å². The molecule has 0 spiro atoms. The van der Waals surface area contributed by atoms with Gasteiger partial charge in [-0.25, -0.2) is 4.79 Å². The smallest absolute Gasteiger partial charge is 0.341 e. The number of carbonyl (C=O) groups excluding carboxylic acids is 3. The van der Waals surface area contributed by atoms with Crippen LogP contribution >= 0.6 is 11.3 Å². The molecule has 0 aromatic carbocycles. The van der Waals surface area contributed by atoms with Crippen molar-refractivity contribution in [3.05, 3.63) is 16.5 Å². The second kappa shape index (κ2) is 9.42. The number of ether oxygens (including phenoxy) is 2. The van der Waals surface area contributed by atoms with Gasteiger partial charge in [-0.1, -0.05) is 27.7 Å². The summed E-state index contributed by atoms with van der Waals surface area (Å²) in [7, 11) is 0. The normalized spacial score (nSPS) is 10.8. The second-order valence-corrected chi connectivity index (χ2v) is 6.97. The predicted octanol–water partition coefficient (Wildman–Crippen LogP) is 3.26. The first-order chi connectivity index (χ1) is 11.3. The van der Waals surface area contributed by atoms with Crippen molar-refractivity contribution in [2.45, 2.75) is 41.0 Å². The van der Waals surface area contributed by atoms with Gasteiger partial charge in [0.15, 0.2) is 6.61 Å². The van der Waals surface area contributed by atoms with Crippen LogP contribution in [-0.2, 0) is 25.5 Å². The summed E-state index contributed by atoms with van der Waals surface area (Å²) in [6, 6.07) is 0. The van der Waals surface area contributed by atoms with Crippen molar-refractivity contribution in [1.29, 1.82) is 0 Å². The Labute approximate surface area is 146 Å². The molecule has 0 saturated heterocycles. The lowest BCUT2D eigenvalue weighted by atomic mass is 10.0. The molecule has 1 amide bonds. The van der Waals surface area contributed by atoms with Crippen molar-refractivity contribution in [1.82, 2.24) is 0 Å². The Bertz CT molecular complexity index is 592. The minimum absolute atomic E-state index is 0.259. The summed E-state index contributed by atoms with van der Waals surface area (Å²) in [5.41, 5.74) is 1.24. The number of carbonyl (C=O) groups is 3. The molecule has 24 heavy (non-hydrogen) atoms. The van der Waals surface area contributed by atoms with Gasteiger partial charge < -0.3 is 14.8 Å². The van der Waals surface area contributed by atoms with Crippen LogP contribution in [0.1, 0.15) is 50.5 Å². The van der Waals surface area contributed by atoms with Gasteiger partial charge in [-0.2, -0.15) is 0 Å². The zero-order chi connectivity index (χ0) is 18.3. The minimum atomic E-state index is -0.479. The van der Waals surface area contributed by atoms with Crippen LogP contribution < -0.4 is 5.32 Å². The molecule has 7 heteroatoms. The Kier molecular flexibility index (Phi) is 7.91. The summed E-state index contributed by atoms with van der Waals surface area (Å²) in [6.07, 6.45) is 0.711. The van der Waals surface area contributed by atoms with Crippen LogP contribution in [0.25, 0.3) is 0 Å². The van der Waals surface area contributed by atoms with E-state index in [1.54, 1.807) is 20.8 Å². The predicted molar refractivity (Wildman–Crippen MR) is 93.2 cm³/mol. The average Bonchev–Trinajstić information content (AvgIpc) is 2.86. The summed E-state index contributed by atoms with van der Waals surface area (Å²) in [5.74, 6) is -1.31. The number of anilines is 1. The first kappa shape index (κ1) is 20.2. The fraction of sp³-hybridized carbons (Fsp3) is 0.588. The van der Waals surface area contributed by atoms with Crippen LogP contribution in [0.2, 0.25) is 0 Å². The van der Waals surface area contributed by atoms with Crippen LogP contribution in [0.3, 0.4) is 0 Å². The molecular formula is C17H25NO5S. The molecule has 6 nitrogen and oxygen atoms in total. The van der Waals surface area contributed by atoms with Crippen LogP contribution in [0.4, 0.5) is 5.00 Å². The molecule has 1 aromatic heterocycles. The van der Waals surface area contributed by atoms with Crippen LogP contribution in [0, 0.1) is 11.8 Å². The SMILES string of the molecule is CCOC(=O)c1c(CC(C)C)csc1NC(=O)COC(=O)C(C)C. The number of hydrogen-bond acceptors (Lipinski definition) is 6. The van der Waals surface area contributed by atoms with E-state index in [1.165, 1.54) is 11.3 Å². The number of nitrogens with one attached hydrogen (secondary N) is 1. The number of rotatable bonds is 8. The molecule has 0 unspecified atom stereocenters. The third-order valence-corrected chi connectivity index (χ3v) is 3.99. The minimum Gasteiger partial charge on any atom is -0.462 e. The molecule has 0 aliphatic rings. The third kappa shape index (κ3) is 5.96. The van der Waals surface area contributed by atoms with Gasteiger partial charge in [-0.05, 0) is 30.2 Å². The van der Waals surface area contributed by atoms with E-state index >= 15 is 0 Å². The number of esters is 2. The van der Waals surface area contributed by atoms with Gasteiger partial charge in [-0.3, -0.25) is 9.59 Å². The Morgan fingerprint density at radius 3 is 2.38 bits per heavy atom. The van der Waals surface area contributed by atoms with Crippen LogP contribution in [0.15, 0.2) is 5.38 Å². The molecule has 0 aliphatic carbocycles. The highest BCUT2D eigenvalue weighted by atomic mass is 32.1. The van der Waals surface area contributed by atoms with E-state index in [9.17, 15) is 14.4 Å². The Morgan fingerprint density at radius 1 is 1.17 bits per heavy atom. The quantitative estimate of drug-likeness (QED) is 0.724. The maximum absolute atomic E-state index is 12.2. The maximum Gasteiger partial charge on any atom is 0.341 e. The molecule has 0 aliphatic heterocycles. The van der Waals surface area contributed by atoms with Crippen molar-refractivity contribution < 1.29 is 23.9 Å². The molecule has 1 heterocycles. The molecule has 1 N–H and O–H groups in total. The highest BCUT2D eigenvalue weighted by Gasteiger charge is 2.22. The number of thiophene rings is 1. The number of amides is 1. The van der Waals surface area contributed by atoms with Crippen molar-refractivity contribution in [2.75, 3.05) is 18.5 Å². The van der Waals surface area contributed by atoms with E-state index in [2.05, 4.69) is 19.2 Å². The zero-order valence-electron chi connectivity index (χ0n) is 14.8. The molecular weight excluding hydrogens is 330 g/mol. The van der Waals surface area contributed by atoms with Gasteiger partial charge >= 0.3 is 11.9 Å². The Morgan fingerprint density at radius 2 is 1.83 bits per heavy atom. The largest absolute Gasteiger partial charge is 0.462 e. The van der Waals surface area contributed by atoms with E-state index in [1.807, 2.05) is 5.38 Å². The average molecular weight is 355 g/mol. The summed E-state index contributed by atoms with van der Waals surface area (Å²) >= 11 is 1.27. The fourth-order valence-corrected chi connectivity index (χ4v) is 2.95. The highest BCUT2D eigenvalue weighted by Crippen LogP contribution is 2.30. The van der Waals surface area contributed by atoms with Gasteiger partial charge in [0.25, 0.3) is 5.91 Å². The molecule has 0 fully saturated rings. The molecule has 0 saturated carbocycles. The van der Waals surface area contributed by atoms with E-state index in [4.69, 9.17) is 9.47 Å². The summed E-state index contributed by atoms with van der Waals surface area (Å²) in [4.78, 5) is 35.6. The van der Waals surface area contributed by atoms with Gasteiger partial charge in [0, 0.05) is 0 Å². The van der Waals surface area contributed by atoms with Gasteiger partial charge in [0.2, 0.25) is 0 Å². The zero-order valence-corrected chi connectivity index (χ0v) is 15.6. The van der Waals surface area contributed by atoms with Crippen LogP contribution in [-0.4, -0.2) is 31.1 Å². The van der Waals surface area contributed by atoms with Crippen molar-refractivity contribution in [3.63, 3.8) is 0 Å². The summed E-state index contributed by atoms with van der Waals surface area (Å²) in [6.45, 7) is 9.10. The summed E-state index contributed by atoms with van der Waals surface area (Å²) < 4.78 is 9.99. The second-order valence-electron chi connectivity index (χ2n) is 6.09. The van der Waals surface area contributed by atoms with Crippen molar-refractivity contribution in [2.24, 2.45) is 11.8 Å². The Hall–Kier alpha value is -1.89. The van der Waals surface area contributed by atoms with Gasteiger partial charge in [0.05, 0.1) is 18.1 Å². The van der Waals surface area contributed by atoms with E-state index in [0.717, 1.165) is 5.56 Å². The standard InChI is InChI=1S/C17H25NO5S/c1-6-22-17(21)14-12(7-10(2)3)9-24-15(14)18-13(19)8-23-16(20)11(4)5/h9-11H,6-8H2,1-5H3,(H,18,19). The summed E-state index contributed by atoms with van der Waals surface area (Å²) in [5, 5.41) is 4.91. The van der Waals surface area contributed by atoms with Crippen LogP contribution in [0.5, 0.6) is 0 Å². The maximum atomic E-state index is 12.2. The molecule has 0 radical (unpaired) electrons. The lowest BCUT2D eigenvalue weighted by Gasteiger charge is -2.10. The third-order valence-electron chi connectivity index (χ3n) is 3.04. The topological polar surface area (TPSA) is 81.7 Å². The lowest BCUT2D eigenvalue weighted by molar-refractivity contribution is -0.150. The first-order valence-corrected chi connectivity index (χ1v) is 8.88. The van der Waals surface area contributed by atoms with Crippen molar-refractivity contribution >= 4 is 34.2 Å². The molecule has 1 rings (SSSR count).